The highest BCUT2D eigenvalue weighted by atomic mass is 16.6. The van der Waals surface area contributed by atoms with E-state index in [9.17, 15) is 14.4 Å². The highest BCUT2D eigenvalue weighted by Gasteiger charge is 2.19. The van der Waals surface area contributed by atoms with Crippen molar-refractivity contribution < 1.29 is 28.6 Å². The van der Waals surface area contributed by atoms with Crippen molar-refractivity contribution in [3.05, 3.63) is 85.1 Å². The largest absolute Gasteiger partial charge is 0.462 e. The molecule has 72 heavy (non-hydrogen) atoms. The van der Waals surface area contributed by atoms with Gasteiger partial charge in [-0.15, -0.1) is 0 Å². The fourth-order valence-corrected chi connectivity index (χ4v) is 8.53. The van der Waals surface area contributed by atoms with E-state index in [1.54, 1.807) is 0 Å². The predicted molar refractivity (Wildman–Crippen MR) is 311 cm³/mol. The van der Waals surface area contributed by atoms with Crippen LogP contribution in [-0.4, -0.2) is 37.2 Å². The van der Waals surface area contributed by atoms with Crippen LogP contribution in [0.4, 0.5) is 0 Å². The number of esters is 3. The zero-order valence-electron chi connectivity index (χ0n) is 47.4. The van der Waals surface area contributed by atoms with Crippen LogP contribution in [0.1, 0.15) is 297 Å². The van der Waals surface area contributed by atoms with Crippen molar-refractivity contribution in [2.75, 3.05) is 13.2 Å². The van der Waals surface area contributed by atoms with Crippen LogP contribution in [0.3, 0.4) is 0 Å². The Kier molecular flexibility index (Phi) is 57.3. The standard InChI is InChI=1S/C66H114O6/c1-4-7-10-13-16-19-22-24-26-28-30-32-33-35-36-38-40-42-44-47-50-53-56-59-65(68)71-62-63(61-70-64(67)58-55-52-49-46-21-18-15-12-9-6-3)72-66(69)60-57-54-51-48-45-43-41-39-37-34-31-29-27-25-23-20-17-14-11-8-5-2/h7,10,12,15-16,19,23-26,29-32,63H,4-6,8-9,11,13-14,17-18,20-22,27-28,33-62H2,1-3H3/b10-7-,15-12-,19-16-,25-23-,26-24-,31-29-,32-30-. The molecule has 0 rings (SSSR count). The van der Waals surface area contributed by atoms with E-state index >= 15 is 0 Å². The molecular formula is C66H114O6. The monoisotopic (exact) mass is 1000 g/mol. The number of carbonyl (C=O) groups excluding carboxylic acids is 3. The molecule has 0 aromatic carbocycles. The Labute approximate surface area is 445 Å². The van der Waals surface area contributed by atoms with Gasteiger partial charge in [-0.2, -0.15) is 0 Å². The molecule has 0 fully saturated rings. The second-order valence-electron chi connectivity index (χ2n) is 20.2. The van der Waals surface area contributed by atoms with E-state index < -0.39 is 6.10 Å². The Balaban J connectivity index is 4.28. The maximum absolute atomic E-state index is 12.9. The van der Waals surface area contributed by atoms with Crippen molar-refractivity contribution in [1.82, 2.24) is 0 Å². The van der Waals surface area contributed by atoms with Gasteiger partial charge in [0.05, 0.1) is 0 Å². The minimum atomic E-state index is -0.784. The molecule has 414 valence electrons. The van der Waals surface area contributed by atoms with Crippen molar-refractivity contribution in [1.29, 1.82) is 0 Å². The highest BCUT2D eigenvalue weighted by molar-refractivity contribution is 5.71. The minimum Gasteiger partial charge on any atom is -0.462 e. The summed E-state index contributed by atoms with van der Waals surface area (Å²) in [4.78, 5) is 38.2. The van der Waals surface area contributed by atoms with E-state index in [1.165, 1.54) is 154 Å². The average Bonchev–Trinajstić information content (AvgIpc) is 3.38. The minimum absolute atomic E-state index is 0.0824. The van der Waals surface area contributed by atoms with Crippen LogP contribution in [0.25, 0.3) is 0 Å². The summed E-state index contributed by atoms with van der Waals surface area (Å²) >= 11 is 0. The van der Waals surface area contributed by atoms with Crippen molar-refractivity contribution in [2.45, 2.75) is 303 Å². The number of rotatable bonds is 55. The molecule has 1 unspecified atom stereocenters. The third-order valence-electron chi connectivity index (χ3n) is 13.1. The first kappa shape index (κ1) is 68.6. The molecule has 6 nitrogen and oxygen atoms in total. The van der Waals surface area contributed by atoms with Gasteiger partial charge in [0.2, 0.25) is 0 Å². The molecule has 0 saturated carbocycles. The van der Waals surface area contributed by atoms with Gasteiger partial charge in [-0.1, -0.05) is 254 Å². The number of allylic oxidation sites excluding steroid dienone is 14. The summed E-state index contributed by atoms with van der Waals surface area (Å²) in [6.07, 6.45) is 78.7. The second kappa shape index (κ2) is 60.1. The van der Waals surface area contributed by atoms with Gasteiger partial charge in [-0.3, -0.25) is 14.4 Å². The molecular weight excluding hydrogens is 889 g/mol. The van der Waals surface area contributed by atoms with Crippen molar-refractivity contribution in [2.24, 2.45) is 0 Å². The first-order valence-corrected chi connectivity index (χ1v) is 30.6. The SMILES string of the molecule is CC/C=C\C/C=C\C/C=C\C/C=C\CCCCCCCCCCCCC(=O)OCC(COC(=O)CCCCCCC/C=C\CCC)OC(=O)CCCCCCCCCCC/C=C\C/C=C\CCCCCCC. The van der Waals surface area contributed by atoms with Crippen molar-refractivity contribution >= 4 is 17.9 Å². The van der Waals surface area contributed by atoms with Crippen LogP contribution in [0.2, 0.25) is 0 Å². The van der Waals surface area contributed by atoms with Gasteiger partial charge in [0.25, 0.3) is 0 Å². The molecule has 0 amide bonds. The number of hydrogen-bond acceptors (Lipinski definition) is 6. The van der Waals surface area contributed by atoms with Crippen LogP contribution >= 0.6 is 0 Å². The quantitative estimate of drug-likeness (QED) is 0.0261. The number of hydrogen-bond donors (Lipinski definition) is 0. The zero-order valence-corrected chi connectivity index (χ0v) is 47.4. The zero-order chi connectivity index (χ0) is 52.2. The summed E-state index contributed by atoms with van der Waals surface area (Å²) in [7, 11) is 0. The maximum Gasteiger partial charge on any atom is 0.306 e. The molecule has 0 aromatic heterocycles. The van der Waals surface area contributed by atoms with E-state index in [2.05, 4.69) is 106 Å². The highest BCUT2D eigenvalue weighted by Crippen LogP contribution is 2.16. The first-order chi connectivity index (χ1) is 35.5. The molecule has 0 aliphatic heterocycles. The van der Waals surface area contributed by atoms with Gasteiger partial charge in [-0.25, -0.2) is 0 Å². The lowest BCUT2D eigenvalue weighted by atomic mass is 10.1. The van der Waals surface area contributed by atoms with Gasteiger partial charge >= 0.3 is 17.9 Å². The normalized spacial score (nSPS) is 12.7. The van der Waals surface area contributed by atoms with Gasteiger partial charge in [0, 0.05) is 19.3 Å². The Bertz CT molecular complexity index is 1380. The van der Waals surface area contributed by atoms with E-state index in [0.717, 1.165) is 103 Å². The van der Waals surface area contributed by atoms with Crippen LogP contribution in [0.15, 0.2) is 85.1 Å². The number of unbranched alkanes of at least 4 members (excludes halogenated alkanes) is 30. The molecule has 0 radical (unpaired) electrons. The number of ether oxygens (including phenoxy) is 3. The molecule has 6 heteroatoms. The van der Waals surface area contributed by atoms with Gasteiger partial charge in [0.1, 0.15) is 13.2 Å². The summed E-state index contributed by atoms with van der Waals surface area (Å²) < 4.78 is 16.9. The maximum atomic E-state index is 12.9. The van der Waals surface area contributed by atoms with Crippen molar-refractivity contribution in [3.63, 3.8) is 0 Å². The lowest BCUT2D eigenvalue weighted by molar-refractivity contribution is -0.167. The van der Waals surface area contributed by atoms with E-state index in [-0.39, 0.29) is 31.1 Å². The van der Waals surface area contributed by atoms with Crippen LogP contribution < -0.4 is 0 Å². The molecule has 0 saturated heterocycles. The average molecular weight is 1000 g/mol. The van der Waals surface area contributed by atoms with E-state index in [1.807, 2.05) is 0 Å². The summed E-state index contributed by atoms with van der Waals surface area (Å²) in [6.45, 7) is 6.46. The van der Waals surface area contributed by atoms with Crippen LogP contribution in [-0.2, 0) is 28.6 Å². The Morgan fingerprint density at radius 2 is 0.569 bits per heavy atom. The summed E-state index contributed by atoms with van der Waals surface area (Å²) in [6, 6.07) is 0. The van der Waals surface area contributed by atoms with Gasteiger partial charge < -0.3 is 14.2 Å². The molecule has 1 atom stereocenters. The third-order valence-corrected chi connectivity index (χ3v) is 13.1. The number of carbonyl (C=O) groups is 3. The van der Waals surface area contributed by atoms with Gasteiger partial charge in [-0.05, 0) is 109 Å². The molecule has 0 aliphatic rings. The predicted octanol–water partition coefficient (Wildman–Crippen LogP) is 20.7. The lowest BCUT2D eigenvalue weighted by Gasteiger charge is -2.18. The second-order valence-corrected chi connectivity index (χ2v) is 20.2. The Morgan fingerprint density at radius 3 is 0.917 bits per heavy atom. The lowest BCUT2D eigenvalue weighted by Crippen LogP contribution is -2.30. The molecule has 0 aromatic rings. The molecule has 0 heterocycles. The molecule has 0 bridgehead atoms. The topological polar surface area (TPSA) is 78.9 Å². The molecule has 0 spiro atoms. The summed E-state index contributed by atoms with van der Waals surface area (Å²) in [5, 5.41) is 0. The Hall–Kier alpha value is -3.41. The van der Waals surface area contributed by atoms with Crippen molar-refractivity contribution in [3.8, 4) is 0 Å². The first-order valence-electron chi connectivity index (χ1n) is 30.6. The fraction of sp³-hybridized carbons (Fsp3) is 0.742. The fourth-order valence-electron chi connectivity index (χ4n) is 8.53. The van der Waals surface area contributed by atoms with E-state index in [4.69, 9.17) is 14.2 Å². The molecule has 0 N–H and O–H groups in total. The van der Waals surface area contributed by atoms with Crippen LogP contribution in [0, 0.1) is 0 Å². The van der Waals surface area contributed by atoms with Gasteiger partial charge in [0.15, 0.2) is 6.10 Å². The Morgan fingerprint density at radius 1 is 0.292 bits per heavy atom. The third kappa shape index (κ3) is 57.5. The summed E-state index contributed by atoms with van der Waals surface area (Å²) in [5.74, 6) is -0.893. The molecule has 0 aliphatic carbocycles. The van der Waals surface area contributed by atoms with Crippen LogP contribution in [0.5, 0.6) is 0 Å². The summed E-state index contributed by atoms with van der Waals surface area (Å²) in [5.41, 5.74) is 0. The smallest absolute Gasteiger partial charge is 0.306 e. The van der Waals surface area contributed by atoms with E-state index in [0.29, 0.717) is 19.3 Å².